The van der Waals surface area contributed by atoms with Crippen molar-refractivity contribution in [1.29, 1.82) is 0 Å². The van der Waals surface area contributed by atoms with E-state index in [2.05, 4.69) is 24.1 Å². The minimum absolute atomic E-state index is 0.174. The van der Waals surface area contributed by atoms with Gasteiger partial charge in [0.25, 0.3) is 0 Å². The van der Waals surface area contributed by atoms with Gasteiger partial charge in [-0.25, -0.2) is 0 Å². The summed E-state index contributed by atoms with van der Waals surface area (Å²) in [5.41, 5.74) is 1.22. The molecule has 1 amide bonds. The number of hydrogen-bond donors (Lipinski definition) is 1. The third-order valence-corrected chi connectivity index (χ3v) is 3.10. The highest BCUT2D eigenvalue weighted by molar-refractivity contribution is 5.80. The minimum Gasteiger partial charge on any atom is -0.353 e. The van der Waals surface area contributed by atoms with Gasteiger partial charge in [-0.2, -0.15) is 0 Å². The SMILES string of the molecule is CC(C)CC1NC(=O)CC1c1ccncc1. The first kappa shape index (κ1) is 11.1. The number of aromatic nitrogens is 1. The normalized spacial score (nSPS) is 24.8. The second-order valence-electron chi connectivity index (χ2n) is 4.89. The summed E-state index contributed by atoms with van der Waals surface area (Å²) in [6, 6.07) is 4.31. The number of hydrogen-bond acceptors (Lipinski definition) is 2. The van der Waals surface area contributed by atoms with Crippen molar-refractivity contribution in [1.82, 2.24) is 10.3 Å². The van der Waals surface area contributed by atoms with Gasteiger partial charge in [0, 0.05) is 30.8 Å². The Balaban J connectivity index is 2.16. The lowest BCUT2D eigenvalue weighted by Gasteiger charge is -2.20. The third-order valence-electron chi connectivity index (χ3n) is 3.10. The molecule has 2 unspecified atom stereocenters. The maximum Gasteiger partial charge on any atom is 0.220 e. The van der Waals surface area contributed by atoms with Gasteiger partial charge in [0.05, 0.1) is 0 Å². The van der Waals surface area contributed by atoms with Crippen molar-refractivity contribution in [2.75, 3.05) is 0 Å². The fourth-order valence-corrected chi connectivity index (χ4v) is 2.40. The number of carbonyl (C=O) groups excluding carboxylic acids is 1. The van der Waals surface area contributed by atoms with Crippen LogP contribution in [0.4, 0.5) is 0 Å². The summed E-state index contributed by atoms with van der Waals surface area (Å²) in [4.78, 5) is 15.5. The summed E-state index contributed by atoms with van der Waals surface area (Å²) in [5, 5.41) is 3.07. The van der Waals surface area contributed by atoms with Crippen molar-refractivity contribution in [3.63, 3.8) is 0 Å². The molecule has 1 aliphatic rings. The van der Waals surface area contributed by atoms with Crippen molar-refractivity contribution >= 4 is 5.91 Å². The van der Waals surface area contributed by atoms with Crippen molar-refractivity contribution in [3.05, 3.63) is 30.1 Å². The lowest BCUT2D eigenvalue weighted by atomic mass is 9.88. The van der Waals surface area contributed by atoms with E-state index in [1.165, 1.54) is 5.56 Å². The molecule has 86 valence electrons. The first-order chi connectivity index (χ1) is 7.66. The van der Waals surface area contributed by atoms with E-state index in [9.17, 15) is 4.79 Å². The molecular formula is C13H18N2O. The number of amides is 1. The van der Waals surface area contributed by atoms with Gasteiger partial charge in [-0.05, 0) is 30.0 Å². The molecule has 0 aliphatic carbocycles. The highest BCUT2D eigenvalue weighted by Crippen LogP contribution is 2.31. The molecule has 1 aliphatic heterocycles. The summed E-state index contributed by atoms with van der Waals surface area (Å²) < 4.78 is 0. The quantitative estimate of drug-likeness (QED) is 0.844. The molecule has 1 fully saturated rings. The Kier molecular flexibility index (Phi) is 3.22. The Labute approximate surface area is 96.3 Å². The second-order valence-corrected chi connectivity index (χ2v) is 4.89. The molecule has 0 radical (unpaired) electrons. The van der Waals surface area contributed by atoms with Crippen LogP contribution >= 0.6 is 0 Å². The fraction of sp³-hybridized carbons (Fsp3) is 0.538. The van der Waals surface area contributed by atoms with Crippen LogP contribution in [0.1, 0.15) is 38.2 Å². The largest absolute Gasteiger partial charge is 0.353 e. The average molecular weight is 218 g/mol. The smallest absolute Gasteiger partial charge is 0.220 e. The zero-order valence-electron chi connectivity index (χ0n) is 9.81. The third kappa shape index (κ3) is 2.40. The van der Waals surface area contributed by atoms with Crippen LogP contribution in [0.15, 0.2) is 24.5 Å². The van der Waals surface area contributed by atoms with Gasteiger partial charge in [-0.3, -0.25) is 9.78 Å². The molecule has 1 saturated heterocycles. The maximum atomic E-state index is 11.5. The molecule has 2 rings (SSSR count). The Hall–Kier alpha value is -1.38. The first-order valence-electron chi connectivity index (χ1n) is 5.86. The zero-order valence-corrected chi connectivity index (χ0v) is 9.81. The monoisotopic (exact) mass is 218 g/mol. The van der Waals surface area contributed by atoms with E-state index in [-0.39, 0.29) is 11.9 Å². The van der Waals surface area contributed by atoms with Crippen LogP contribution in [0.5, 0.6) is 0 Å². The highest BCUT2D eigenvalue weighted by Gasteiger charge is 2.33. The summed E-state index contributed by atoms with van der Waals surface area (Å²) in [5.74, 6) is 1.10. The van der Waals surface area contributed by atoms with E-state index in [1.807, 2.05) is 12.1 Å². The van der Waals surface area contributed by atoms with Crippen molar-refractivity contribution in [3.8, 4) is 0 Å². The Bertz CT molecular complexity index is 361. The number of nitrogens with one attached hydrogen (secondary N) is 1. The predicted octanol–water partition coefficient (Wildman–Crippen LogP) is 2.10. The van der Waals surface area contributed by atoms with Gasteiger partial charge in [0.2, 0.25) is 5.91 Å². The molecule has 0 bridgehead atoms. The molecule has 16 heavy (non-hydrogen) atoms. The van der Waals surface area contributed by atoms with E-state index in [0.29, 0.717) is 18.3 Å². The fourth-order valence-electron chi connectivity index (χ4n) is 2.40. The topological polar surface area (TPSA) is 42.0 Å². The van der Waals surface area contributed by atoms with Crippen molar-refractivity contribution in [2.45, 2.75) is 38.6 Å². The van der Waals surface area contributed by atoms with Gasteiger partial charge in [0.1, 0.15) is 0 Å². The standard InChI is InChI=1S/C13H18N2O/c1-9(2)7-12-11(8-13(16)15-12)10-3-5-14-6-4-10/h3-6,9,11-12H,7-8H2,1-2H3,(H,15,16). The molecular weight excluding hydrogens is 200 g/mol. The van der Waals surface area contributed by atoms with Crippen LogP contribution in [-0.4, -0.2) is 16.9 Å². The molecule has 1 N–H and O–H groups in total. The predicted molar refractivity (Wildman–Crippen MR) is 63.0 cm³/mol. The zero-order chi connectivity index (χ0) is 11.5. The molecule has 0 saturated carbocycles. The van der Waals surface area contributed by atoms with Crippen molar-refractivity contribution in [2.24, 2.45) is 5.92 Å². The summed E-state index contributed by atoms with van der Waals surface area (Å²) in [6.07, 6.45) is 5.25. The average Bonchev–Trinajstić information content (AvgIpc) is 2.60. The molecule has 1 aromatic heterocycles. The van der Waals surface area contributed by atoms with E-state index < -0.39 is 0 Å². The Morgan fingerprint density at radius 2 is 2.12 bits per heavy atom. The van der Waals surface area contributed by atoms with Crippen LogP contribution < -0.4 is 5.32 Å². The minimum atomic E-state index is 0.174. The second kappa shape index (κ2) is 4.64. The number of carbonyl (C=O) groups is 1. The van der Waals surface area contributed by atoms with Crippen LogP contribution in [0.3, 0.4) is 0 Å². The van der Waals surface area contributed by atoms with Crippen LogP contribution in [-0.2, 0) is 4.79 Å². The van der Waals surface area contributed by atoms with Gasteiger partial charge in [0.15, 0.2) is 0 Å². The number of rotatable bonds is 3. The molecule has 0 spiro atoms. The summed E-state index contributed by atoms with van der Waals surface area (Å²) in [7, 11) is 0. The number of pyridine rings is 1. The molecule has 0 aromatic carbocycles. The first-order valence-corrected chi connectivity index (χ1v) is 5.86. The van der Waals surface area contributed by atoms with Crippen LogP contribution in [0.25, 0.3) is 0 Å². The van der Waals surface area contributed by atoms with Gasteiger partial charge < -0.3 is 5.32 Å². The molecule has 3 heteroatoms. The van der Waals surface area contributed by atoms with Crippen LogP contribution in [0.2, 0.25) is 0 Å². The molecule has 1 aromatic rings. The van der Waals surface area contributed by atoms with Gasteiger partial charge in [-0.1, -0.05) is 13.8 Å². The summed E-state index contributed by atoms with van der Waals surface area (Å²) in [6.45, 7) is 4.38. The molecule has 2 heterocycles. The van der Waals surface area contributed by atoms with Crippen LogP contribution in [0, 0.1) is 5.92 Å². The lowest BCUT2D eigenvalue weighted by molar-refractivity contribution is -0.119. The van der Waals surface area contributed by atoms with E-state index >= 15 is 0 Å². The highest BCUT2D eigenvalue weighted by atomic mass is 16.2. The lowest BCUT2D eigenvalue weighted by Crippen LogP contribution is -2.29. The van der Waals surface area contributed by atoms with E-state index in [0.717, 1.165) is 6.42 Å². The maximum absolute atomic E-state index is 11.5. The summed E-state index contributed by atoms with van der Waals surface area (Å²) >= 11 is 0. The number of nitrogens with zero attached hydrogens (tertiary/aromatic N) is 1. The Morgan fingerprint density at radius 3 is 2.75 bits per heavy atom. The van der Waals surface area contributed by atoms with Gasteiger partial charge >= 0.3 is 0 Å². The van der Waals surface area contributed by atoms with Gasteiger partial charge in [-0.15, -0.1) is 0 Å². The van der Waals surface area contributed by atoms with Crippen molar-refractivity contribution < 1.29 is 4.79 Å². The van der Waals surface area contributed by atoms with E-state index in [1.54, 1.807) is 12.4 Å². The Morgan fingerprint density at radius 1 is 1.44 bits per heavy atom. The van der Waals surface area contributed by atoms with E-state index in [4.69, 9.17) is 0 Å². The molecule has 2 atom stereocenters. The molecule has 3 nitrogen and oxygen atoms in total.